The van der Waals surface area contributed by atoms with E-state index < -0.39 is 21.1 Å². The Balaban J connectivity index is 2.20. The molecule has 0 atom stereocenters. The van der Waals surface area contributed by atoms with Gasteiger partial charge in [-0.3, -0.25) is 0 Å². The molecule has 2 aromatic rings. The summed E-state index contributed by atoms with van der Waals surface area (Å²) in [4.78, 5) is 0. The van der Waals surface area contributed by atoms with Crippen LogP contribution in [0.5, 0.6) is 0 Å². The predicted octanol–water partition coefficient (Wildman–Crippen LogP) is 6.31. The maximum Gasteiger partial charge on any atom is 0.191 e. The number of rotatable bonds is 6. The van der Waals surface area contributed by atoms with E-state index in [1.807, 2.05) is 55.6 Å². The van der Waals surface area contributed by atoms with Crippen LogP contribution in [0.1, 0.15) is 38.2 Å². The summed E-state index contributed by atoms with van der Waals surface area (Å²) in [6.45, 7) is 10.1. The zero-order valence-corrected chi connectivity index (χ0v) is 15.8. The van der Waals surface area contributed by atoms with Gasteiger partial charge in [0.15, 0.2) is 8.32 Å². The summed E-state index contributed by atoms with van der Waals surface area (Å²) in [5, 5.41) is -0.0485. The third-order valence-electron chi connectivity index (χ3n) is 4.54. The quantitative estimate of drug-likeness (QED) is 0.564. The summed E-state index contributed by atoms with van der Waals surface area (Å²) >= 11 is 0. The van der Waals surface area contributed by atoms with E-state index in [9.17, 15) is 0 Å². The van der Waals surface area contributed by atoms with E-state index in [4.69, 9.17) is 9.91 Å². The molecule has 0 aliphatic rings. The lowest BCUT2D eigenvalue weighted by atomic mass is 10.0. The zero-order valence-electron chi connectivity index (χ0n) is 18.8. The normalized spacial score (nSPS) is 16.2. The molecular formula is C21H30OSi. The van der Waals surface area contributed by atoms with Gasteiger partial charge in [-0.05, 0) is 47.6 Å². The Morgan fingerprint density at radius 3 is 2.04 bits per heavy atom. The zero-order chi connectivity index (χ0) is 20.5. The van der Waals surface area contributed by atoms with E-state index in [-0.39, 0.29) is 11.6 Å². The maximum atomic E-state index is 8.44. The highest BCUT2D eigenvalue weighted by atomic mass is 28.4. The number of benzene rings is 2. The van der Waals surface area contributed by atoms with Crippen molar-refractivity contribution < 1.29 is 9.91 Å². The van der Waals surface area contributed by atoms with Gasteiger partial charge in [0.2, 0.25) is 0 Å². The van der Waals surface area contributed by atoms with Gasteiger partial charge in [-0.2, -0.15) is 0 Å². The lowest BCUT2D eigenvalue weighted by Crippen LogP contribution is -2.41. The average molecular weight is 331 g/mol. The molecule has 0 unspecified atom stereocenters. The molecule has 0 aliphatic heterocycles. The highest BCUT2D eigenvalue weighted by Gasteiger charge is 2.36. The number of aryl methyl sites for hydroxylation is 1. The van der Waals surface area contributed by atoms with E-state index in [1.165, 1.54) is 0 Å². The molecule has 2 aromatic carbocycles. The minimum Gasteiger partial charge on any atom is -0.417 e. The molecule has 0 amide bonds. The number of hydrogen-bond acceptors (Lipinski definition) is 1. The van der Waals surface area contributed by atoms with Crippen molar-refractivity contribution in [3.05, 3.63) is 60.2 Å². The van der Waals surface area contributed by atoms with Crippen molar-refractivity contribution in [1.82, 2.24) is 0 Å². The summed E-state index contributed by atoms with van der Waals surface area (Å²) in [7, 11) is -2.15. The molecule has 0 aromatic heterocycles. The van der Waals surface area contributed by atoms with E-state index >= 15 is 0 Å². The smallest absolute Gasteiger partial charge is 0.191 e. The maximum absolute atomic E-state index is 8.44. The van der Waals surface area contributed by atoms with Gasteiger partial charge in [0.1, 0.15) is 0 Å². The van der Waals surface area contributed by atoms with Gasteiger partial charge in [0, 0.05) is 12.1 Å². The third kappa shape index (κ3) is 5.05. The first-order valence-electron chi connectivity index (χ1n) is 10.1. The molecule has 0 fully saturated rings. The lowest BCUT2D eigenvalue weighted by Gasteiger charge is -2.36. The van der Waals surface area contributed by atoms with Crippen LogP contribution in [0.3, 0.4) is 0 Å². The first kappa shape index (κ1) is 13.0. The van der Waals surface area contributed by atoms with Crippen molar-refractivity contribution in [3.8, 4) is 11.1 Å². The van der Waals surface area contributed by atoms with Gasteiger partial charge in [-0.25, -0.2) is 0 Å². The highest BCUT2D eigenvalue weighted by Crippen LogP contribution is 2.36. The molecule has 0 aliphatic carbocycles. The number of hydrogen-bond donors (Lipinski definition) is 0. The van der Waals surface area contributed by atoms with E-state index in [2.05, 4.69) is 20.8 Å². The van der Waals surface area contributed by atoms with Crippen molar-refractivity contribution in [2.75, 3.05) is 6.61 Å². The van der Waals surface area contributed by atoms with Crippen molar-refractivity contribution in [2.24, 2.45) is 0 Å². The molecule has 0 saturated heterocycles. The van der Waals surface area contributed by atoms with E-state index in [0.29, 0.717) is 5.56 Å². The predicted molar refractivity (Wildman–Crippen MR) is 103 cm³/mol. The van der Waals surface area contributed by atoms with Crippen molar-refractivity contribution in [1.29, 1.82) is 0 Å². The Morgan fingerprint density at radius 2 is 1.48 bits per heavy atom. The first-order valence-corrected chi connectivity index (χ1v) is 11.0. The van der Waals surface area contributed by atoms with Gasteiger partial charge in [-0.15, -0.1) is 0 Å². The average Bonchev–Trinajstić information content (AvgIpc) is 2.60. The summed E-state index contributed by atoms with van der Waals surface area (Å²) < 4.78 is 39.6. The topological polar surface area (TPSA) is 9.23 Å². The van der Waals surface area contributed by atoms with Gasteiger partial charge in [-0.1, -0.05) is 75.4 Å². The lowest BCUT2D eigenvalue weighted by molar-refractivity contribution is 0.282. The van der Waals surface area contributed by atoms with E-state index in [1.54, 1.807) is 12.1 Å². The fraction of sp³-hybridized carbons (Fsp3) is 0.429. The van der Waals surface area contributed by atoms with Crippen LogP contribution in [-0.2, 0) is 10.8 Å². The Kier molecular flexibility index (Phi) is 4.21. The summed E-state index contributed by atoms with van der Waals surface area (Å²) in [6, 6.07) is 16.9. The largest absolute Gasteiger partial charge is 0.417 e. The van der Waals surface area contributed by atoms with Crippen LogP contribution in [0.4, 0.5) is 0 Å². The minimum atomic E-state index is -2.15. The van der Waals surface area contributed by atoms with Crippen molar-refractivity contribution in [3.63, 3.8) is 0 Å². The van der Waals surface area contributed by atoms with E-state index in [0.717, 1.165) is 11.1 Å². The minimum absolute atomic E-state index is 0.0485. The molecular weight excluding hydrogens is 296 g/mol. The molecule has 0 radical (unpaired) electrons. The Bertz CT molecular complexity index is 750. The van der Waals surface area contributed by atoms with Crippen LogP contribution in [0.2, 0.25) is 18.1 Å². The van der Waals surface area contributed by atoms with Gasteiger partial charge < -0.3 is 4.43 Å². The molecule has 23 heavy (non-hydrogen) atoms. The fourth-order valence-electron chi connectivity index (χ4n) is 1.95. The fourth-order valence-corrected chi connectivity index (χ4v) is 2.81. The van der Waals surface area contributed by atoms with Crippen molar-refractivity contribution in [2.45, 2.75) is 51.6 Å². The summed E-state index contributed by atoms with van der Waals surface area (Å²) in [6.07, 6.45) is -4.28. The van der Waals surface area contributed by atoms with Gasteiger partial charge in [0.05, 0.1) is 0 Å². The molecule has 0 N–H and O–H groups in total. The molecule has 0 bridgehead atoms. The summed E-state index contributed by atoms with van der Waals surface area (Å²) in [5.41, 5.74) is 2.35. The summed E-state index contributed by atoms with van der Waals surface area (Å²) in [5.74, 6) is 0. The SMILES string of the molecule is [2H]C([2H])(CO[Si](C)(C)C(C)(C)C)C([2H])([2H])c1ccc(-c2ccccc2)cc1. The van der Waals surface area contributed by atoms with Gasteiger partial charge in [0.25, 0.3) is 0 Å². The second-order valence-corrected chi connectivity index (χ2v) is 12.1. The molecule has 124 valence electrons. The van der Waals surface area contributed by atoms with Crippen LogP contribution >= 0.6 is 0 Å². The Hall–Kier alpha value is -1.38. The second-order valence-electron chi connectivity index (χ2n) is 7.29. The Labute approximate surface area is 148 Å². The molecule has 1 nitrogen and oxygen atoms in total. The first-order chi connectivity index (χ1) is 12.3. The van der Waals surface area contributed by atoms with Crippen LogP contribution < -0.4 is 0 Å². The van der Waals surface area contributed by atoms with Crippen molar-refractivity contribution >= 4 is 8.32 Å². The molecule has 0 heterocycles. The van der Waals surface area contributed by atoms with Crippen LogP contribution in [0.15, 0.2) is 54.6 Å². The van der Waals surface area contributed by atoms with Crippen LogP contribution in [0, 0.1) is 0 Å². The highest BCUT2D eigenvalue weighted by molar-refractivity contribution is 6.74. The van der Waals surface area contributed by atoms with Crippen LogP contribution in [0.25, 0.3) is 11.1 Å². The standard InChI is InChI=1S/C21H30OSi/c1-21(2,3)23(4,5)22-17-9-10-18-13-15-20(16-14-18)19-11-7-6-8-12-19/h6-8,11-16H,9-10,17H2,1-5H3/i9D2,10D2. The molecule has 2 rings (SSSR count). The second kappa shape index (κ2) is 7.46. The molecule has 2 heteroatoms. The van der Waals surface area contributed by atoms with Crippen LogP contribution in [-0.4, -0.2) is 14.9 Å². The van der Waals surface area contributed by atoms with Gasteiger partial charge >= 0.3 is 0 Å². The molecule has 0 spiro atoms. The molecule has 0 saturated carbocycles. The Morgan fingerprint density at radius 1 is 0.913 bits per heavy atom. The third-order valence-corrected chi connectivity index (χ3v) is 9.01. The monoisotopic (exact) mass is 330 g/mol.